The first kappa shape index (κ1) is 16.7. The standard InChI is InChI=1S/C22H12Br2S2/c23-17-12-16(22-10-14-6-2-4-8-20(14)26-22)18(24)11-15(17)21-9-13-5-1-3-7-19(13)25-21/h1-12H. The predicted molar refractivity (Wildman–Crippen MR) is 123 cm³/mol. The Bertz CT molecular complexity index is 1100. The van der Waals surface area contributed by atoms with Crippen molar-refractivity contribution in [1.82, 2.24) is 0 Å². The molecule has 0 amide bonds. The van der Waals surface area contributed by atoms with Crippen molar-refractivity contribution < 1.29 is 0 Å². The molecule has 0 unspecified atom stereocenters. The molecule has 0 nitrogen and oxygen atoms in total. The van der Waals surface area contributed by atoms with E-state index in [-0.39, 0.29) is 0 Å². The monoisotopic (exact) mass is 498 g/mol. The van der Waals surface area contributed by atoms with Gasteiger partial charge in [0.25, 0.3) is 0 Å². The summed E-state index contributed by atoms with van der Waals surface area (Å²) < 4.78 is 4.89. The summed E-state index contributed by atoms with van der Waals surface area (Å²) in [4.78, 5) is 2.56. The summed E-state index contributed by atoms with van der Waals surface area (Å²) in [6, 6.07) is 26.1. The first-order valence-corrected chi connectivity index (χ1v) is 11.4. The van der Waals surface area contributed by atoms with Crippen molar-refractivity contribution in [2.45, 2.75) is 0 Å². The summed E-state index contributed by atoms with van der Waals surface area (Å²) in [5, 5.41) is 2.59. The lowest BCUT2D eigenvalue weighted by molar-refractivity contribution is 1.60. The van der Waals surface area contributed by atoms with E-state index in [1.807, 2.05) is 22.7 Å². The Kier molecular flexibility index (Phi) is 4.24. The van der Waals surface area contributed by atoms with Crippen molar-refractivity contribution in [3.05, 3.63) is 81.7 Å². The number of benzene rings is 3. The van der Waals surface area contributed by atoms with E-state index in [0.29, 0.717) is 0 Å². The van der Waals surface area contributed by atoms with Crippen LogP contribution in [-0.4, -0.2) is 0 Å². The quantitative estimate of drug-likeness (QED) is 0.227. The van der Waals surface area contributed by atoms with E-state index in [9.17, 15) is 0 Å². The van der Waals surface area contributed by atoms with E-state index in [0.717, 1.165) is 8.95 Å². The molecule has 5 rings (SSSR count). The Morgan fingerprint density at radius 2 is 0.962 bits per heavy atom. The van der Waals surface area contributed by atoms with Crippen LogP contribution in [0.1, 0.15) is 0 Å². The Balaban J connectivity index is 1.64. The minimum absolute atomic E-state index is 1.12. The molecule has 5 aromatic rings. The third-order valence-corrected chi connectivity index (χ3v) is 8.05. The molecule has 0 bridgehead atoms. The third-order valence-electron chi connectivity index (χ3n) is 4.44. The number of fused-ring (bicyclic) bond motifs is 2. The molecule has 26 heavy (non-hydrogen) atoms. The zero-order valence-electron chi connectivity index (χ0n) is 13.5. The molecule has 3 aromatic carbocycles. The second-order valence-corrected chi connectivity index (χ2v) is 9.99. The average molecular weight is 500 g/mol. The molecule has 0 N–H and O–H groups in total. The fourth-order valence-corrected chi connectivity index (χ4v) is 6.72. The van der Waals surface area contributed by atoms with Gasteiger partial charge in [0.1, 0.15) is 0 Å². The van der Waals surface area contributed by atoms with Crippen LogP contribution in [0.2, 0.25) is 0 Å². The lowest BCUT2D eigenvalue weighted by Gasteiger charge is -2.08. The topological polar surface area (TPSA) is 0 Å². The zero-order valence-corrected chi connectivity index (χ0v) is 18.3. The fraction of sp³-hybridized carbons (Fsp3) is 0. The predicted octanol–water partition coefficient (Wildman–Crippen LogP) is 8.97. The van der Waals surface area contributed by atoms with Crippen molar-refractivity contribution in [3.8, 4) is 20.9 Å². The molecule has 0 fully saturated rings. The number of thiophene rings is 2. The first-order chi connectivity index (χ1) is 12.7. The van der Waals surface area contributed by atoms with Gasteiger partial charge in [-0.15, -0.1) is 22.7 Å². The van der Waals surface area contributed by atoms with E-state index >= 15 is 0 Å². The van der Waals surface area contributed by atoms with Gasteiger partial charge in [-0.2, -0.15) is 0 Å². The van der Waals surface area contributed by atoms with Crippen LogP contribution in [-0.2, 0) is 0 Å². The highest BCUT2D eigenvalue weighted by Gasteiger charge is 2.14. The summed E-state index contributed by atoms with van der Waals surface area (Å²) in [6.45, 7) is 0. The molecule has 2 heterocycles. The van der Waals surface area contributed by atoms with Crippen LogP contribution >= 0.6 is 54.5 Å². The first-order valence-electron chi connectivity index (χ1n) is 8.16. The van der Waals surface area contributed by atoms with Crippen LogP contribution < -0.4 is 0 Å². The number of hydrogen-bond acceptors (Lipinski definition) is 2. The van der Waals surface area contributed by atoms with Gasteiger partial charge in [0.15, 0.2) is 0 Å². The molecule has 2 aromatic heterocycles. The molecule has 0 aliphatic rings. The van der Waals surface area contributed by atoms with Gasteiger partial charge < -0.3 is 0 Å². The second kappa shape index (κ2) is 6.61. The van der Waals surface area contributed by atoms with Crippen molar-refractivity contribution in [2.75, 3.05) is 0 Å². The van der Waals surface area contributed by atoms with Gasteiger partial charge in [0, 0.05) is 39.2 Å². The molecular weight excluding hydrogens is 488 g/mol. The minimum atomic E-state index is 1.12. The summed E-state index contributed by atoms with van der Waals surface area (Å²) in [6.07, 6.45) is 0. The van der Waals surface area contributed by atoms with E-state index in [4.69, 9.17) is 0 Å². The van der Waals surface area contributed by atoms with Gasteiger partial charge >= 0.3 is 0 Å². The maximum atomic E-state index is 3.81. The highest BCUT2D eigenvalue weighted by molar-refractivity contribution is 9.11. The lowest BCUT2D eigenvalue weighted by Crippen LogP contribution is -1.81. The molecule has 0 saturated heterocycles. The maximum absolute atomic E-state index is 3.81. The van der Waals surface area contributed by atoms with Crippen LogP contribution in [0.3, 0.4) is 0 Å². The van der Waals surface area contributed by atoms with Gasteiger partial charge in [0.2, 0.25) is 0 Å². The number of rotatable bonds is 2. The van der Waals surface area contributed by atoms with Crippen LogP contribution in [0.5, 0.6) is 0 Å². The largest absolute Gasteiger partial charge is 0.135 e. The minimum Gasteiger partial charge on any atom is -0.135 e. The molecule has 0 spiro atoms. The highest BCUT2D eigenvalue weighted by atomic mass is 79.9. The Morgan fingerprint density at radius 3 is 1.38 bits per heavy atom. The van der Waals surface area contributed by atoms with E-state index in [1.54, 1.807) is 0 Å². The second-order valence-electron chi connectivity index (χ2n) is 6.11. The molecule has 0 saturated carbocycles. The lowest BCUT2D eigenvalue weighted by atomic mass is 10.1. The van der Waals surface area contributed by atoms with Gasteiger partial charge in [-0.05, 0) is 47.2 Å². The molecule has 0 aliphatic carbocycles. The Labute approximate surface area is 176 Å². The van der Waals surface area contributed by atoms with E-state index < -0.39 is 0 Å². The van der Waals surface area contributed by atoms with Crippen LogP contribution in [0.25, 0.3) is 41.1 Å². The molecule has 126 valence electrons. The fourth-order valence-electron chi connectivity index (χ4n) is 3.15. The molecule has 0 atom stereocenters. The Morgan fingerprint density at radius 1 is 0.538 bits per heavy atom. The van der Waals surface area contributed by atoms with E-state index in [2.05, 4.69) is 105 Å². The summed E-state index contributed by atoms with van der Waals surface area (Å²) in [7, 11) is 0. The van der Waals surface area contributed by atoms with Crippen LogP contribution in [0, 0.1) is 0 Å². The van der Waals surface area contributed by atoms with Gasteiger partial charge in [-0.3, -0.25) is 0 Å². The van der Waals surface area contributed by atoms with E-state index in [1.165, 1.54) is 41.1 Å². The van der Waals surface area contributed by atoms with Crippen LogP contribution in [0.4, 0.5) is 0 Å². The molecule has 4 heteroatoms. The van der Waals surface area contributed by atoms with Gasteiger partial charge in [-0.25, -0.2) is 0 Å². The SMILES string of the molecule is Brc1cc(-c2cc3ccccc3s2)c(Br)cc1-c1cc2ccccc2s1. The summed E-state index contributed by atoms with van der Waals surface area (Å²) >= 11 is 11.3. The van der Waals surface area contributed by atoms with Crippen molar-refractivity contribution in [3.63, 3.8) is 0 Å². The van der Waals surface area contributed by atoms with Crippen molar-refractivity contribution in [1.29, 1.82) is 0 Å². The van der Waals surface area contributed by atoms with Crippen molar-refractivity contribution in [2.24, 2.45) is 0 Å². The molecular formula is C22H12Br2S2. The normalized spacial score (nSPS) is 11.5. The smallest absolute Gasteiger partial charge is 0.0367 e. The molecule has 0 radical (unpaired) electrons. The zero-order chi connectivity index (χ0) is 17.7. The summed E-state index contributed by atoms with van der Waals surface area (Å²) in [5.41, 5.74) is 2.45. The Hall–Kier alpha value is -1.46. The average Bonchev–Trinajstić information content (AvgIpc) is 3.26. The van der Waals surface area contributed by atoms with Crippen molar-refractivity contribution >= 4 is 74.7 Å². The third kappa shape index (κ3) is 2.85. The summed E-state index contributed by atoms with van der Waals surface area (Å²) in [5.74, 6) is 0. The number of hydrogen-bond donors (Lipinski definition) is 0. The molecule has 0 aliphatic heterocycles. The highest BCUT2D eigenvalue weighted by Crippen LogP contribution is 2.44. The van der Waals surface area contributed by atoms with Gasteiger partial charge in [-0.1, -0.05) is 68.3 Å². The maximum Gasteiger partial charge on any atom is 0.0367 e. The van der Waals surface area contributed by atoms with Crippen LogP contribution in [0.15, 0.2) is 81.7 Å². The number of halogens is 2. The van der Waals surface area contributed by atoms with Gasteiger partial charge in [0.05, 0.1) is 0 Å².